The van der Waals surface area contributed by atoms with Crippen molar-refractivity contribution in [1.29, 1.82) is 0 Å². The number of rotatable bonds is 3. The number of pyridine rings is 1. The smallest absolute Gasteiger partial charge is 0.456 e. The molecule has 30 heavy (non-hydrogen) atoms. The minimum atomic E-state index is -6.00. The average molecular weight is 414 g/mol. The third-order valence-corrected chi connectivity index (χ3v) is 4.18. The van der Waals surface area contributed by atoms with Gasteiger partial charge < -0.3 is 21.7 Å². The van der Waals surface area contributed by atoms with Crippen LogP contribution in [0.4, 0.5) is 17.3 Å². The van der Waals surface area contributed by atoms with Crippen LogP contribution in [0.2, 0.25) is 0 Å². The minimum Gasteiger partial charge on any atom is -0.456 e. The Morgan fingerprint density at radius 1 is 0.933 bits per heavy atom. The van der Waals surface area contributed by atoms with E-state index in [1.54, 1.807) is 6.20 Å². The molecule has 0 saturated carbocycles. The molecule has 0 spiro atoms. The molecule has 0 aliphatic rings. The summed E-state index contributed by atoms with van der Waals surface area (Å²) in [6, 6.07) is 22.5. The third kappa shape index (κ3) is 6.30. The molecule has 0 aliphatic carbocycles. The van der Waals surface area contributed by atoms with Crippen LogP contribution in [0.5, 0.6) is 0 Å². The van der Waals surface area contributed by atoms with E-state index in [0.29, 0.717) is 0 Å². The summed E-state index contributed by atoms with van der Waals surface area (Å²) in [6.45, 7) is 2.81. The molecule has 4 rings (SSSR count). The van der Waals surface area contributed by atoms with E-state index in [0.717, 1.165) is 39.8 Å². The molecule has 0 radical (unpaired) electrons. The first-order valence-electron chi connectivity index (χ1n) is 9.22. The van der Waals surface area contributed by atoms with Gasteiger partial charge in [-0.05, 0) is 31.2 Å². The van der Waals surface area contributed by atoms with Crippen LogP contribution in [-0.4, -0.2) is 12.2 Å². The number of hydrogen-bond acceptors (Lipinski definition) is 2. The number of aryl methyl sites for hydroxylation is 1. The Kier molecular flexibility index (Phi) is 6.67. The van der Waals surface area contributed by atoms with Crippen molar-refractivity contribution in [3.63, 3.8) is 0 Å². The van der Waals surface area contributed by atoms with E-state index >= 15 is 0 Å². The molecule has 0 amide bonds. The minimum absolute atomic E-state index is 0.717. The fraction of sp³-hybridized carbons (Fsp3) is 0.0909. The highest BCUT2D eigenvalue weighted by atomic mass is 19.5. The highest BCUT2D eigenvalue weighted by molar-refractivity contribution is 6.50. The van der Waals surface area contributed by atoms with Gasteiger partial charge >= 0.3 is 7.25 Å². The average Bonchev–Trinajstić information content (AvgIpc) is 2.72. The Morgan fingerprint density at radius 2 is 1.67 bits per heavy atom. The summed E-state index contributed by atoms with van der Waals surface area (Å²) < 4.78 is 45.1. The molecule has 0 aliphatic heterocycles. The van der Waals surface area contributed by atoms with Gasteiger partial charge in [0.1, 0.15) is 11.3 Å². The summed E-state index contributed by atoms with van der Waals surface area (Å²) in [5.74, 6) is 0.852. The molecule has 2 aromatic carbocycles. The summed E-state index contributed by atoms with van der Waals surface area (Å²) in [4.78, 5) is 7.72. The molecule has 3 nitrogen and oxygen atoms in total. The first-order valence-corrected chi connectivity index (χ1v) is 9.22. The zero-order chi connectivity index (χ0) is 21.6. The molecule has 8 heteroatoms. The van der Waals surface area contributed by atoms with Crippen LogP contribution in [0.25, 0.3) is 22.3 Å². The number of halogens is 4. The molecule has 2 heterocycles. The molecule has 4 aromatic rings. The van der Waals surface area contributed by atoms with Crippen LogP contribution in [0.15, 0.2) is 83.5 Å². The van der Waals surface area contributed by atoms with E-state index in [4.69, 9.17) is 4.42 Å². The zero-order valence-corrected chi connectivity index (χ0v) is 16.2. The van der Waals surface area contributed by atoms with Gasteiger partial charge in [0.25, 0.3) is 0 Å². The van der Waals surface area contributed by atoms with Gasteiger partial charge in [-0.15, -0.1) is 0 Å². The quantitative estimate of drug-likeness (QED) is 0.402. The number of benzene rings is 2. The maximum Gasteiger partial charge on any atom is 0.673 e. The van der Waals surface area contributed by atoms with Gasteiger partial charge in [-0.3, -0.25) is 4.98 Å². The highest BCUT2D eigenvalue weighted by Crippen LogP contribution is 2.22. The van der Waals surface area contributed by atoms with Gasteiger partial charge in [-0.1, -0.05) is 42.0 Å². The van der Waals surface area contributed by atoms with Crippen LogP contribution in [0.1, 0.15) is 11.1 Å². The Hall–Kier alpha value is -3.42. The molecule has 0 bridgehead atoms. The molecule has 0 saturated heterocycles. The first kappa shape index (κ1) is 21.3. The van der Waals surface area contributed by atoms with Crippen LogP contribution in [0, 0.1) is 6.92 Å². The predicted molar refractivity (Wildman–Crippen MR) is 109 cm³/mol. The van der Waals surface area contributed by atoms with E-state index in [9.17, 15) is 17.3 Å². The molecule has 0 atom stereocenters. The monoisotopic (exact) mass is 414 g/mol. The second-order valence-corrected chi connectivity index (χ2v) is 6.60. The summed E-state index contributed by atoms with van der Waals surface area (Å²) in [7, 11) is -6.00. The molecule has 1 N–H and O–H groups in total. The lowest BCUT2D eigenvalue weighted by molar-refractivity contribution is -0.516. The number of nitrogens with one attached hydrogen (secondary N) is 1. The predicted octanol–water partition coefficient (Wildman–Crippen LogP) is 4.28. The molecular formula is C22H19BF4N2O. The Balaban J connectivity index is 0.000000461. The van der Waals surface area contributed by atoms with Gasteiger partial charge in [0, 0.05) is 23.5 Å². The fourth-order valence-electron chi connectivity index (χ4n) is 2.89. The number of fused-ring (bicyclic) bond motifs is 1. The normalized spacial score (nSPS) is 11.8. The van der Waals surface area contributed by atoms with Gasteiger partial charge in [-0.25, -0.2) is 4.99 Å². The van der Waals surface area contributed by atoms with Crippen molar-refractivity contribution < 1.29 is 26.7 Å². The SMILES string of the molecule is Cc1ccc2oc(-c3ccccc3)cc(=[NH+]Cc3cccnc3)c2c1.F[B-](F)(F)F. The molecule has 0 fully saturated rings. The van der Waals surface area contributed by atoms with Gasteiger partial charge in [0.2, 0.25) is 5.36 Å². The summed E-state index contributed by atoms with van der Waals surface area (Å²) in [5.41, 5.74) is 4.29. The van der Waals surface area contributed by atoms with Crippen LogP contribution >= 0.6 is 0 Å². The van der Waals surface area contributed by atoms with Crippen molar-refractivity contribution in [2.45, 2.75) is 13.5 Å². The van der Waals surface area contributed by atoms with Crippen LogP contribution < -0.4 is 10.3 Å². The second kappa shape index (κ2) is 9.39. The van der Waals surface area contributed by atoms with E-state index in [2.05, 4.69) is 53.3 Å². The second-order valence-electron chi connectivity index (χ2n) is 6.60. The first-order chi connectivity index (χ1) is 14.3. The van der Waals surface area contributed by atoms with Gasteiger partial charge in [-0.2, -0.15) is 0 Å². The summed E-state index contributed by atoms with van der Waals surface area (Å²) >= 11 is 0. The molecule has 154 valence electrons. The standard InChI is InChI=1S/C22H18N2O.BF4/c1-16-9-10-21-19(12-16)20(24-15-17-6-5-11-23-14-17)13-22(25-21)18-7-3-2-4-8-18;2-1(3,4)5/h2-14H,15H2,1H3;/q;-1/p+1. The van der Waals surface area contributed by atoms with Gasteiger partial charge in [0.15, 0.2) is 6.54 Å². The van der Waals surface area contributed by atoms with Crippen molar-refractivity contribution >= 4 is 18.2 Å². The third-order valence-electron chi connectivity index (χ3n) is 4.18. The Morgan fingerprint density at radius 3 is 2.33 bits per heavy atom. The van der Waals surface area contributed by atoms with Crippen molar-refractivity contribution in [1.82, 2.24) is 4.98 Å². The van der Waals surface area contributed by atoms with E-state index < -0.39 is 7.25 Å². The largest absolute Gasteiger partial charge is 0.673 e. The lowest BCUT2D eigenvalue weighted by Gasteiger charge is -2.04. The Bertz CT molecular complexity index is 1170. The molecule has 0 unspecified atom stereocenters. The maximum atomic E-state index is 9.75. The van der Waals surface area contributed by atoms with E-state index in [1.807, 2.05) is 36.5 Å². The topological polar surface area (TPSA) is 40.0 Å². The van der Waals surface area contributed by atoms with E-state index in [1.165, 1.54) is 5.56 Å². The number of aromatic nitrogens is 1. The van der Waals surface area contributed by atoms with Crippen molar-refractivity contribution in [2.24, 2.45) is 0 Å². The maximum absolute atomic E-state index is 9.75. The Labute approximate surface area is 170 Å². The summed E-state index contributed by atoms with van der Waals surface area (Å²) in [6.07, 6.45) is 3.67. The van der Waals surface area contributed by atoms with E-state index in [-0.39, 0.29) is 0 Å². The zero-order valence-electron chi connectivity index (χ0n) is 16.2. The number of nitrogens with zero attached hydrogens (tertiary/aromatic N) is 1. The molecular weight excluding hydrogens is 395 g/mol. The number of hydrogen-bond donors (Lipinski definition) is 1. The van der Waals surface area contributed by atoms with Crippen LogP contribution in [0.3, 0.4) is 0 Å². The van der Waals surface area contributed by atoms with Crippen LogP contribution in [-0.2, 0) is 6.54 Å². The fourth-order valence-corrected chi connectivity index (χ4v) is 2.89. The lowest BCUT2D eigenvalue weighted by Crippen LogP contribution is -2.75. The van der Waals surface area contributed by atoms with Gasteiger partial charge in [0.05, 0.1) is 11.5 Å². The van der Waals surface area contributed by atoms with Crippen molar-refractivity contribution in [3.8, 4) is 11.3 Å². The highest BCUT2D eigenvalue weighted by Gasteiger charge is 2.20. The van der Waals surface area contributed by atoms with Crippen molar-refractivity contribution in [2.75, 3.05) is 0 Å². The molecule has 2 aromatic heterocycles. The van der Waals surface area contributed by atoms with Crippen molar-refractivity contribution in [3.05, 3.63) is 95.6 Å². The summed E-state index contributed by atoms with van der Waals surface area (Å²) in [5, 5.41) is 2.15. The lowest BCUT2D eigenvalue weighted by atomic mass is 10.1.